The Morgan fingerprint density at radius 1 is 1.33 bits per heavy atom. The van der Waals surface area contributed by atoms with E-state index >= 15 is 0 Å². The Bertz CT molecular complexity index is 445. The van der Waals surface area contributed by atoms with Crippen molar-refractivity contribution < 1.29 is 13.5 Å². The first-order valence-corrected chi connectivity index (χ1v) is 7.47. The lowest BCUT2D eigenvalue weighted by molar-refractivity contribution is 0.0735. The Morgan fingerprint density at radius 3 is 2.57 bits per heavy atom. The number of rotatable bonds is 5. The number of ether oxygens (including phenoxy) is 1. The Labute approximate surface area is 138 Å². The number of hydrogen-bond donors (Lipinski definition) is 1. The van der Waals surface area contributed by atoms with Crippen molar-refractivity contribution in [3.05, 3.63) is 28.2 Å². The molecule has 1 aromatic carbocycles. The molecule has 0 unspecified atom stereocenters. The van der Waals surface area contributed by atoms with Crippen LogP contribution in [-0.4, -0.2) is 44.6 Å². The summed E-state index contributed by atoms with van der Waals surface area (Å²) in [6, 6.07) is 5.24. The molecule has 21 heavy (non-hydrogen) atoms. The van der Waals surface area contributed by atoms with Gasteiger partial charge in [-0.05, 0) is 23.8 Å². The van der Waals surface area contributed by atoms with Crippen molar-refractivity contribution >= 4 is 28.3 Å². The lowest BCUT2D eigenvalue weighted by atomic mass is 10.0. The van der Waals surface area contributed by atoms with Gasteiger partial charge in [0.1, 0.15) is 5.75 Å². The number of nitrogens with one attached hydrogen (secondary N) is 1. The molecule has 0 aliphatic carbocycles. The van der Waals surface area contributed by atoms with Gasteiger partial charge >= 0.3 is 0 Å². The topological polar surface area (TPSA) is 24.5 Å². The number of nitrogens with zero attached hydrogens (tertiary/aromatic N) is 1. The van der Waals surface area contributed by atoms with Crippen LogP contribution in [-0.2, 0) is 0 Å². The molecule has 1 aromatic rings. The lowest BCUT2D eigenvalue weighted by Gasteiger charge is -2.35. The molecular formula is C14H20BrClF2N2O. The standard InChI is InChI=1S/C14H19BrF2N2O.ClH/c1-20-10-2-3-12(15)11(8-10)13(9-14(16)17)19-6-4-18-5-7-19;/h2-3,8,13-14,18H,4-7,9H2,1H3;1H/t13-;/m0./s1. The van der Waals surface area contributed by atoms with E-state index in [4.69, 9.17) is 4.74 Å². The van der Waals surface area contributed by atoms with Crippen molar-refractivity contribution in [1.29, 1.82) is 0 Å². The first-order chi connectivity index (χ1) is 9.61. The van der Waals surface area contributed by atoms with E-state index < -0.39 is 6.43 Å². The average Bonchev–Trinajstić information content (AvgIpc) is 2.46. The number of hydrogen-bond acceptors (Lipinski definition) is 3. The van der Waals surface area contributed by atoms with Crippen molar-refractivity contribution in [2.75, 3.05) is 33.3 Å². The molecule has 1 atom stereocenters. The van der Waals surface area contributed by atoms with E-state index in [2.05, 4.69) is 26.1 Å². The summed E-state index contributed by atoms with van der Waals surface area (Å²) in [7, 11) is 1.58. The van der Waals surface area contributed by atoms with E-state index in [1.807, 2.05) is 18.2 Å². The minimum Gasteiger partial charge on any atom is -0.497 e. The summed E-state index contributed by atoms with van der Waals surface area (Å²) in [5, 5.41) is 3.25. The van der Waals surface area contributed by atoms with Gasteiger partial charge in [-0.1, -0.05) is 15.9 Å². The number of methoxy groups -OCH3 is 1. The van der Waals surface area contributed by atoms with Crippen LogP contribution in [0.3, 0.4) is 0 Å². The molecule has 0 saturated carbocycles. The predicted molar refractivity (Wildman–Crippen MR) is 85.7 cm³/mol. The zero-order chi connectivity index (χ0) is 14.5. The maximum absolute atomic E-state index is 13.0. The van der Waals surface area contributed by atoms with Gasteiger partial charge in [0.15, 0.2) is 0 Å². The van der Waals surface area contributed by atoms with Crippen LogP contribution < -0.4 is 10.1 Å². The molecule has 0 spiro atoms. The maximum atomic E-state index is 13.0. The number of alkyl halides is 2. The Kier molecular flexibility index (Phi) is 7.87. The zero-order valence-corrected chi connectivity index (χ0v) is 14.2. The van der Waals surface area contributed by atoms with Crippen molar-refractivity contribution in [3.8, 4) is 5.75 Å². The molecule has 120 valence electrons. The molecule has 0 bridgehead atoms. The Morgan fingerprint density at radius 2 is 2.00 bits per heavy atom. The molecule has 1 aliphatic heterocycles. The highest BCUT2D eigenvalue weighted by atomic mass is 79.9. The van der Waals surface area contributed by atoms with E-state index in [-0.39, 0.29) is 24.9 Å². The lowest BCUT2D eigenvalue weighted by Crippen LogP contribution is -2.45. The third-order valence-corrected chi connectivity index (χ3v) is 4.28. The van der Waals surface area contributed by atoms with E-state index in [9.17, 15) is 8.78 Å². The van der Waals surface area contributed by atoms with Crippen molar-refractivity contribution in [3.63, 3.8) is 0 Å². The van der Waals surface area contributed by atoms with Gasteiger partial charge in [-0.25, -0.2) is 8.78 Å². The fourth-order valence-electron chi connectivity index (χ4n) is 2.54. The summed E-state index contributed by atoms with van der Waals surface area (Å²) in [6.45, 7) is 3.23. The normalized spacial score (nSPS) is 17.4. The smallest absolute Gasteiger partial charge is 0.240 e. The second-order valence-corrected chi connectivity index (χ2v) is 5.67. The third kappa shape index (κ3) is 5.06. The number of piperazine rings is 1. The van der Waals surface area contributed by atoms with Crippen LogP contribution in [0.15, 0.2) is 22.7 Å². The first kappa shape index (κ1) is 18.6. The molecule has 0 amide bonds. The molecule has 1 N–H and O–H groups in total. The molecule has 0 radical (unpaired) electrons. The fraction of sp³-hybridized carbons (Fsp3) is 0.571. The summed E-state index contributed by atoms with van der Waals surface area (Å²) in [5.74, 6) is 0.692. The van der Waals surface area contributed by atoms with Gasteiger partial charge in [-0.3, -0.25) is 4.90 Å². The van der Waals surface area contributed by atoms with Gasteiger partial charge in [0, 0.05) is 43.1 Å². The second kappa shape index (κ2) is 8.88. The molecule has 2 rings (SSSR count). The maximum Gasteiger partial charge on any atom is 0.240 e. The monoisotopic (exact) mass is 384 g/mol. The number of benzene rings is 1. The molecule has 0 aromatic heterocycles. The Hall–Kier alpha value is -0.430. The van der Waals surface area contributed by atoms with Gasteiger partial charge in [-0.2, -0.15) is 0 Å². The number of halogens is 4. The van der Waals surface area contributed by atoms with Crippen molar-refractivity contribution in [2.45, 2.75) is 18.9 Å². The summed E-state index contributed by atoms with van der Waals surface area (Å²) >= 11 is 3.47. The summed E-state index contributed by atoms with van der Waals surface area (Å²) in [4.78, 5) is 2.11. The second-order valence-electron chi connectivity index (χ2n) is 4.82. The van der Waals surface area contributed by atoms with Gasteiger partial charge < -0.3 is 10.1 Å². The van der Waals surface area contributed by atoms with E-state index in [0.29, 0.717) is 5.75 Å². The van der Waals surface area contributed by atoms with Gasteiger partial charge in [0.05, 0.1) is 7.11 Å². The minimum absolute atomic E-state index is 0. The fourth-order valence-corrected chi connectivity index (χ4v) is 3.05. The highest BCUT2D eigenvalue weighted by Gasteiger charge is 2.27. The zero-order valence-electron chi connectivity index (χ0n) is 11.8. The summed E-state index contributed by atoms with van der Waals surface area (Å²) in [5.41, 5.74) is 0.867. The first-order valence-electron chi connectivity index (χ1n) is 6.68. The average molecular weight is 386 g/mol. The highest BCUT2D eigenvalue weighted by Crippen LogP contribution is 2.35. The van der Waals surface area contributed by atoms with Gasteiger partial charge in [-0.15, -0.1) is 12.4 Å². The molecule has 3 nitrogen and oxygen atoms in total. The van der Waals surface area contributed by atoms with Crippen molar-refractivity contribution in [2.24, 2.45) is 0 Å². The molecule has 7 heteroatoms. The SMILES string of the molecule is COc1ccc(Br)c([C@H](CC(F)F)N2CCNCC2)c1.Cl. The third-order valence-electron chi connectivity index (χ3n) is 3.56. The van der Waals surface area contributed by atoms with Crippen LogP contribution in [0.25, 0.3) is 0 Å². The van der Waals surface area contributed by atoms with Gasteiger partial charge in [0.2, 0.25) is 6.43 Å². The molecule has 1 heterocycles. The van der Waals surface area contributed by atoms with E-state index in [1.165, 1.54) is 0 Å². The van der Waals surface area contributed by atoms with E-state index in [1.54, 1.807) is 7.11 Å². The molecule has 1 aliphatic rings. The van der Waals surface area contributed by atoms with Crippen LogP contribution in [0.1, 0.15) is 18.0 Å². The quantitative estimate of drug-likeness (QED) is 0.840. The van der Waals surface area contributed by atoms with Crippen LogP contribution in [0, 0.1) is 0 Å². The van der Waals surface area contributed by atoms with Crippen LogP contribution in [0.4, 0.5) is 8.78 Å². The summed E-state index contributed by atoms with van der Waals surface area (Å²) in [6.07, 6.45) is -2.49. The molecular weight excluding hydrogens is 366 g/mol. The van der Waals surface area contributed by atoms with Crippen molar-refractivity contribution in [1.82, 2.24) is 10.2 Å². The molecule has 1 fully saturated rings. The highest BCUT2D eigenvalue weighted by molar-refractivity contribution is 9.10. The van der Waals surface area contributed by atoms with Gasteiger partial charge in [0.25, 0.3) is 0 Å². The van der Waals surface area contributed by atoms with Crippen LogP contribution in [0.2, 0.25) is 0 Å². The van der Waals surface area contributed by atoms with Crippen LogP contribution in [0.5, 0.6) is 5.75 Å². The Balaban J connectivity index is 0.00000220. The largest absolute Gasteiger partial charge is 0.497 e. The van der Waals surface area contributed by atoms with Crippen LogP contribution >= 0.6 is 28.3 Å². The predicted octanol–water partition coefficient (Wildman–Crippen LogP) is 3.48. The van der Waals surface area contributed by atoms with E-state index in [0.717, 1.165) is 36.2 Å². The minimum atomic E-state index is -2.33. The summed E-state index contributed by atoms with van der Waals surface area (Å²) < 4.78 is 32.0. The molecule has 1 saturated heterocycles.